The first kappa shape index (κ1) is 15.6. The second-order valence-corrected chi connectivity index (χ2v) is 5.93. The van der Waals surface area contributed by atoms with Gasteiger partial charge < -0.3 is 15.7 Å². The Balaban J connectivity index is 1.90. The molecule has 0 saturated carbocycles. The van der Waals surface area contributed by atoms with Crippen molar-refractivity contribution in [1.82, 2.24) is 5.32 Å². The third-order valence-electron chi connectivity index (χ3n) is 3.33. The second kappa shape index (κ2) is 7.26. The average Bonchev–Trinajstić information content (AvgIpc) is 2.45. The van der Waals surface area contributed by atoms with E-state index in [-0.39, 0.29) is 11.6 Å². The normalized spacial score (nSPS) is 17.3. The minimum Gasteiger partial charge on any atom is -0.478 e. The fourth-order valence-electron chi connectivity index (χ4n) is 2.24. The monoisotopic (exact) mass is 352 g/mol. The lowest BCUT2D eigenvalue weighted by Crippen LogP contribution is -2.33. The first-order valence-corrected chi connectivity index (χ1v) is 7.57. The number of urea groups is 1. The zero-order chi connectivity index (χ0) is 15.2. The molecule has 5 nitrogen and oxygen atoms in total. The lowest BCUT2D eigenvalue weighted by molar-refractivity contribution is 0.0697. The SMILES string of the molecule is O=C(NCC1CC=CCC1)Nc1cc(Br)cc(C(=O)O)c1. The van der Waals surface area contributed by atoms with Crippen LogP contribution >= 0.6 is 15.9 Å². The van der Waals surface area contributed by atoms with E-state index in [4.69, 9.17) is 5.11 Å². The number of amides is 2. The van der Waals surface area contributed by atoms with Gasteiger partial charge in [0.05, 0.1) is 5.56 Å². The number of hydrogen-bond acceptors (Lipinski definition) is 2. The first-order chi connectivity index (χ1) is 10.0. The van der Waals surface area contributed by atoms with E-state index in [1.54, 1.807) is 6.07 Å². The van der Waals surface area contributed by atoms with Crippen LogP contribution in [0.15, 0.2) is 34.8 Å². The van der Waals surface area contributed by atoms with Gasteiger partial charge in [0.1, 0.15) is 0 Å². The molecule has 2 rings (SSSR count). The summed E-state index contributed by atoms with van der Waals surface area (Å²) in [5, 5.41) is 14.5. The first-order valence-electron chi connectivity index (χ1n) is 6.78. The van der Waals surface area contributed by atoms with E-state index in [1.807, 2.05) is 0 Å². The number of rotatable bonds is 4. The van der Waals surface area contributed by atoms with Crippen LogP contribution in [0, 0.1) is 5.92 Å². The van der Waals surface area contributed by atoms with Crippen LogP contribution in [0.2, 0.25) is 0 Å². The Morgan fingerprint density at radius 3 is 2.76 bits per heavy atom. The summed E-state index contributed by atoms with van der Waals surface area (Å²) in [5.41, 5.74) is 0.569. The Kier molecular flexibility index (Phi) is 5.38. The number of nitrogens with one attached hydrogen (secondary N) is 2. The van der Waals surface area contributed by atoms with Gasteiger partial charge >= 0.3 is 12.0 Å². The van der Waals surface area contributed by atoms with Gasteiger partial charge in [0.2, 0.25) is 0 Å². The van der Waals surface area contributed by atoms with Gasteiger partial charge in [0, 0.05) is 16.7 Å². The maximum atomic E-state index is 11.8. The van der Waals surface area contributed by atoms with Crippen LogP contribution in [0.4, 0.5) is 10.5 Å². The fourth-order valence-corrected chi connectivity index (χ4v) is 2.73. The predicted octanol–water partition coefficient (Wildman–Crippen LogP) is 3.63. The van der Waals surface area contributed by atoms with Gasteiger partial charge in [-0.05, 0) is 43.4 Å². The number of benzene rings is 1. The number of carboxylic acids is 1. The number of carbonyl (C=O) groups excluding carboxylic acids is 1. The molecule has 0 aliphatic heterocycles. The summed E-state index contributed by atoms with van der Waals surface area (Å²) in [4.78, 5) is 22.8. The van der Waals surface area contributed by atoms with Gasteiger partial charge in [-0.15, -0.1) is 0 Å². The number of allylic oxidation sites excluding steroid dienone is 2. The Labute approximate surface area is 131 Å². The maximum absolute atomic E-state index is 11.8. The summed E-state index contributed by atoms with van der Waals surface area (Å²) in [5.74, 6) is -0.563. The molecule has 1 aliphatic carbocycles. The smallest absolute Gasteiger partial charge is 0.335 e. The zero-order valence-electron chi connectivity index (χ0n) is 11.4. The number of carboxylic acid groups (broad SMARTS) is 1. The number of aromatic carboxylic acids is 1. The Morgan fingerprint density at radius 1 is 1.29 bits per heavy atom. The van der Waals surface area contributed by atoms with E-state index < -0.39 is 5.97 Å². The molecule has 2 amide bonds. The minimum absolute atomic E-state index is 0.122. The molecule has 1 aromatic carbocycles. The molecule has 0 spiro atoms. The molecule has 1 atom stereocenters. The summed E-state index contributed by atoms with van der Waals surface area (Å²) in [6, 6.07) is 4.25. The van der Waals surface area contributed by atoms with Crippen molar-refractivity contribution in [1.29, 1.82) is 0 Å². The van der Waals surface area contributed by atoms with Crippen LogP contribution in [0.3, 0.4) is 0 Å². The third kappa shape index (κ3) is 4.90. The van der Waals surface area contributed by atoms with Crippen molar-refractivity contribution in [2.45, 2.75) is 19.3 Å². The Hall–Kier alpha value is -1.82. The van der Waals surface area contributed by atoms with E-state index in [1.165, 1.54) is 12.1 Å². The molecule has 0 heterocycles. The van der Waals surface area contributed by atoms with E-state index in [0.29, 0.717) is 22.6 Å². The van der Waals surface area contributed by atoms with E-state index >= 15 is 0 Å². The average molecular weight is 353 g/mol. The van der Waals surface area contributed by atoms with Crippen LogP contribution in [0.25, 0.3) is 0 Å². The van der Waals surface area contributed by atoms with Crippen molar-refractivity contribution in [2.75, 3.05) is 11.9 Å². The van der Waals surface area contributed by atoms with Gasteiger partial charge in [-0.25, -0.2) is 9.59 Å². The van der Waals surface area contributed by atoms with Gasteiger partial charge in [0.25, 0.3) is 0 Å². The van der Waals surface area contributed by atoms with Crippen molar-refractivity contribution in [3.63, 3.8) is 0 Å². The Bertz CT molecular complexity index is 572. The quantitative estimate of drug-likeness (QED) is 0.724. The van der Waals surface area contributed by atoms with Crippen molar-refractivity contribution < 1.29 is 14.7 Å². The highest BCUT2D eigenvalue weighted by Gasteiger charge is 2.12. The Morgan fingerprint density at radius 2 is 2.10 bits per heavy atom. The molecule has 6 heteroatoms. The highest BCUT2D eigenvalue weighted by atomic mass is 79.9. The summed E-state index contributed by atoms with van der Waals surface area (Å²) < 4.78 is 0.607. The maximum Gasteiger partial charge on any atom is 0.335 e. The summed E-state index contributed by atoms with van der Waals surface area (Å²) in [6.07, 6.45) is 7.42. The molecular formula is C15H17BrN2O3. The molecule has 0 aromatic heterocycles. The molecule has 21 heavy (non-hydrogen) atoms. The van der Waals surface area contributed by atoms with Gasteiger partial charge in [-0.1, -0.05) is 28.1 Å². The third-order valence-corrected chi connectivity index (χ3v) is 3.79. The number of halogens is 1. The van der Waals surface area contributed by atoms with E-state index in [0.717, 1.165) is 19.3 Å². The standard InChI is InChI=1S/C15H17BrN2O3/c16-12-6-11(14(19)20)7-13(8-12)18-15(21)17-9-10-4-2-1-3-5-10/h1-2,6-8,10H,3-5,9H2,(H,19,20)(H2,17,18,21). The fraction of sp³-hybridized carbons (Fsp3) is 0.333. The van der Waals surface area contributed by atoms with E-state index in [2.05, 4.69) is 38.7 Å². The van der Waals surface area contributed by atoms with Gasteiger partial charge in [-0.2, -0.15) is 0 Å². The lowest BCUT2D eigenvalue weighted by Gasteiger charge is -2.18. The van der Waals surface area contributed by atoms with E-state index in [9.17, 15) is 9.59 Å². The lowest BCUT2D eigenvalue weighted by atomic mass is 9.94. The summed E-state index contributed by atoms with van der Waals surface area (Å²) in [7, 11) is 0. The van der Waals surface area contributed by atoms with Crippen LogP contribution in [0.1, 0.15) is 29.6 Å². The topological polar surface area (TPSA) is 78.4 Å². The summed E-state index contributed by atoms with van der Waals surface area (Å²) >= 11 is 3.23. The molecule has 0 bridgehead atoms. The molecule has 3 N–H and O–H groups in total. The zero-order valence-corrected chi connectivity index (χ0v) is 13.0. The second-order valence-electron chi connectivity index (χ2n) is 5.02. The molecule has 1 aliphatic rings. The number of hydrogen-bond donors (Lipinski definition) is 3. The van der Waals surface area contributed by atoms with Gasteiger partial charge in [-0.3, -0.25) is 0 Å². The molecule has 112 valence electrons. The molecule has 0 radical (unpaired) electrons. The molecule has 1 aromatic rings. The summed E-state index contributed by atoms with van der Waals surface area (Å²) in [6.45, 7) is 0.621. The molecular weight excluding hydrogens is 336 g/mol. The highest BCUT2D eigenvalue weighted by Crippen LogP contribution is 2.20. The van der Waals surface area contributed by atoms with Crippen molar-refractivity contribution in [2.24, 2.45) is 5.92 Å². The van der Waals surface area contributed by atoms with Gasteiger partial charge in [0.15, 0.2) is 0 Å². The van der Waals surface area contributed by atoms with Crippen molar-refractivity contribution in [3.05, 3.63) is 40.4 Å². The molecule has 0 saturated heterocycles. The van der Waals surface area contributed by atoms with Crippen LogP contribution in [0.5, 0.6) is 0 Å². The molecule has 1 unspecified atom stereocenters. The van der Waals surface area contributed by atoms with Crippen molar-refractivity contribution >= 4 is 33.6 Å². The predicted molar refractivity (Wildman–Crippen MR) is 84.6 cm³/mol. The number of carbonyl (C=O) groups is 2. The number of anilines is 1. The van der Waals surface area contributed by atoms with Crippen molar-refractivity contribution in [3.8, 4) is 0 Å². The van der Waals surface area contributed by atoms with Crippen LogP contribution < -0.4 is 10.6 Å². The largest absolute Gasteiger partial charge is 0.478 e. The van der Waals surface area contributed by atoms with Crippen LogP contribution in [-0.2, 0) is 0 Å². The minimum atomic E-state index is -1.03. The highest BCUT2D eigenvalue weighted by molar-refractivity contribution is 9.10. The molecule has 0 fully saturated rings. The van der Waals surface area contributed by atoms with Crippen LogP contribution in [-0.4, -0.2) is 23.7 Å².